The Kier molecular flexibility index (Phi) is 5.37. The van der Waals surface area contributed by atoms with Crippen LogP contribution in [0.5, 0.6) is 0 Å². The van der Waals surface area contributed by atoms with Crippen LogP contribution in [-0.4, -0.2) is 37.1 Å². The van der Waals surface area contributed by atoms with Crippen LogP contribution in [0.3, 0.4) is 0 Å². The molecule has 156 valence electrons. The van der Waals surface area contributed by atoms with Gasteiger partial charge < -0.3 is 9.47 Å². The summed E-state index contributed by atoms with van der Waals surface area (Å²) in [5.74, 6) is 2.16. The van der Waals surface area contributed by atoms with Crippen molar-refractivity contribution in [1.29, 1.82) is 0 Å². The zero-order valence-electron chi connectivity index (χ0n) is 17.4. The number of carbonyl (C=O) groups is 1. The molecule has 3 aromatic rings. The molecule has 0 radical (unpaired) electrons. The lowest BCUT2D eigenvalue weighted by Gasteiger charge is -2.24. The number of carbonyl (C=O) groups excluding carboxylic acids is 1. The van der Waals surface area contributed by atoms with Crippen molar-refractivity contribution >= 4 is 17.2 Å². The summed E-state index contributed by atoms with van der Waals surface area (Å²) in [6.07, 6.45) is 7.29. The molecule has 0 bridgehead atoms. The Morgan fingerprint density at radius 2 is 1.97 bits per heavy atom. The lowest BCUT2D eigenvalue weighted by molar-refractivity contribution is 0.0731. The second kappa shape index (κ2) is 8.30. The number of thiazole rings is 1. The highest BCUT2D eigenvalue weighted by molar-refractivity contribution is 7.13. The van der Waals surface area contributed by atoms with E-state index in [1.54, 1.807) is 0 Å². The minimum Gasteiger partial charge on any atom is -0.328 e. The van der Waals surface area contributed by atoms with Gasteiger partial charge in [-0.2, -0.15) is 0 Å². The number of likely N-dealkylation sites (tertiary alicyclic amines) is 1. The van der Waals surface area contributed by atoms with Crippen LogP contribution in [0.25, 0.3) is 0 Å². The number of hydrogen-bond donors (Lipinski definition) is 0. The minimum atomic E-state index is 0.0240. The molecule has 2 aromatic heterocycles. The third-order valence-corrected chi connectivity index (χ3v) is 7.33. The van der Waals surface area contributed by atoms with Gasteiger partial charge in [-0.15, -0.1) is 21.5 Å². The van der Waals surface area contributed by atoms with Crippen molar-refractivity contribution < 1.29 is 4.79 Å². The van der Waals surface area contributed by atoms with Crippen molar-refractivity contribution in [3.05, 3.63) is 63.1 Å². The van der Waals surface area contributed by atoms with Crippen LogP contribution in [0.1, 0.15) is 75.7 Å². The second-order valence-electron chi connectivity index (χ2n) is 8.28. The van der Waals surface area contributed by atoms with Crippen LogP contribution in [0, 0.1) is 6.92 Å². The number of amides is 1. The zero-order valence-corrected chi connectivity index (χ0v) is 18.2. The van der Waals surface area contributed by atoms with Crippen molar-refractivity contribution in [2.45, 2.75) is 64.5 Å². The van der Waals surface area contributed by atoms with Gasteiger partial charge in [0.2, 0.25) is 0 Å². The van der Waals surface area contributed by atoms with Crippen molar-refractivity contribution in [2.24, 2.45) is 0 Å². The molecule has 0 saturated carbocycles. The fraction of sp³-hybridized carbons (Fsp3) is 0.478. The highest BCUT2D eigenvalue weighted by Crippen LogP contribution is 2.35. The lowest BCUT2D eigenvalue weighted by atomic mass is 10.2. The van der Waals surface area contributed by atoms with E-state index < -0.39 is 0 Å². The predicted molar refractivity (Wildman–Crippen MR) is 117 cm³/mol. The van der Waals surface area contributed by atoms with Crippen LogP contribution >= 0.6 is 11.3 Å². The third kappa shape index (κ3) is 3.67. The normalized spacial score (nSPS) is 19.0. The Hall–Kier alpha value is -2.54. The Balaban J connectivity index is 1.39. The molecule has 1 saturated heterocycles. The van der Waals surface area contributed by atoms with E-state index in [1.807, 2.05) is 30.0 Å². The maximum absolute atomic E-state index is 13.5. The zero-order chi connectivity index (χ0) is 20.5. The standard InChI is InChI=1S/C23H27N5OS/c1-16-21(30-20(24-16)15-17-9-4-2-5-10-17)23(29)27-14-8-11-18(27)22-26-25-19-12-6-3-7-13-28(19)22/h2,4-5,9-10,18H,3,6-8,11-15H2,1H3/t18-/m0/s1. The fourth-order valence-corrected chi connectivity index (χ4v) is 5.71. The van der Waals surface area contributed by atoms with E-state index in [4.69, 9.17) is 4.98 Å². The first-order valence-electron chi connectivity index (χ1n) is 10.9. The van der Waals surface area contributed by atoms with E-state index >= 15 is 0 Å². The van der Waals surface area contributed by atoms with Gasteiger partial charge in [0, 0.05) is 25.9 Å². The van der Waals surface area contributed by atoms with E-state index in [1.165, 1.54) is 29.7 Å². The first-order chi connectivity index (χ1) is 14.7. The monoisotopic (exact) mass is 421 g/mol. The molecule has 2 aliphatic heterocycles. The van der Waals surface area contributed by atoms with Crippen molar-refractivity contribution in [3.8, 4) is 0 Å². The van der Waals surface area contributed by atoms with Gasteiger partial charge in [0.25, 0.3) is 5.91 Å². The van der Waals surface area contributed by atoms with Crippen molar-refractivity contribution in [1.82, 2.24) is 24.6 Å². The quantitative estimate of drug-likeness (QED) is 0.629. The minimum absolute atomic E-state index is 0.0240. The average Bonchev–Trinajstić information content (AvgIpc) is 3.43. The summed E-state index contributed by atoms with van der Waals surface area (Å²) < 4.78 is 2.28. The van der Waals surface area contributed by atoms with Gasteiger partial charge in [0.15, 0.2) is 5.82 Å². The number of benzene rings is 1. The number of rotatable bonds is 4. The average molecular weight is 422 g/mol. The molecule has 1 atom stereocenters. The van der Waals surface area contributed by atoms with E-state index in [9.17, 15) is 4.79 Å². The summed E-state index contributed by atoms with van der Waals surface area (Å²) in [4.78, 5) is 21.0. The molecule has 4 heterocycles. The molecule has 0 spiro atoms. The number of aromatic nitrogens is 4. The maximum atomic E-state index is 13.5. The lowest BCUT2D eigenvalue weighted by Crippen LogP contribution is -2.32. The van der Waals surface area contributed by atoms with Gasteiger partial charge in [0.05, 0.1) is 16.7 Å². The molecular formula is C23H27N5OS. The summed E-state index contributed by atoms with van der Waals surface area (Å²) >= 11 is 1.54. The molecule has 7 heteroatoms. The summed E-state index contributed by atoms with van der Waals surface area (Å²) in [6.45, 7) is 3.69. The maximum Gasteiger partial charge on any atom is 0.266 e. The Morgan fingerprint density at radius 1 is 1.10 bits per heavy atom. The molecule has 6 nitrogen and oxygen atoms in total. The van der Waals surface area contributed by atoms with Crippen molar-refractivity contribution in [2.75, 3.05) is 6.54 Å². The first kappa shape index (κ1) is 19.4. The third-order valence-electron chi connectivity index (χ3n) is 6.18. The Bertz CT molecular complexity index is 1040. The van der Waals surface area contributed by atoms with Crippen LogP contribution in [0.2, 0.25) is 0 Å². The summed E-state index contributed by atoms with van der Waals surface area (Å²) in [7, 11) is 0. The molecule has 30 heavy (non-hydrogen) atoms. The number of fused-ring (bicyclic) bond motifs is 1. The van der Waals surface area contributed by atoms with Crippen LogP contribution in [0.4, 0.5) is 0 Å². The second-order valence-corrected chi connectivity index (χ2v) is 9.36. The molecule has 1 fully saturated rings. The van der Waals surface area contributed by atoms with E-state index in [0.29, 0.717) is 0 Å². The summed E-state index contributed by atoms with van der Waals surface area (Å²) in [6, 6.07) is 10.3. The first-order valence-corrected chi connectivity index (χ1v) is 11.8. The van der Waals surface area contributed by atoms with Crippen LogP contribution in [-0.2, 0) is 19.4 Å². The predicted octanol–water partition coefficient (Wildman–Crippen LogP) is 4.34. The molecule has 2 aliphatic rings. The van der Waals surface area contributed by atoms with Gasteiger partial charge >= 0.3 is 0 Å². The summed E-state index contributed by atoms with van der Waals surface area (Å²) in [5, 5.41) is 9.99. The summed E-state index contributed by atoms with van der Waals surface area (Å²) in [5.41, 5.74) is 2.05. The van der Waals surface area contributed by atoms with Crippen LogP contribution in [0.15, 0.2) is 30.3 Å². The molecule has 0 unspecified atom stereocenters. The SMILES string of the molecule is Cc1nc(Cc2ccccc2)sc1C(=O)N1CCC[C@H]1c1nnc2n1CCCCC2. The number of hydrogen-bond acceptors (Lipinski definition) is 5. The fourth-order valence-electron chi connectivity index (χ4n) is 4.66. The van der Waals surface area contributed by atoms with Gasteiger partial charge in [-0.25, -0.2) is 4.98 Å². The van der Waals surface area contributed by atoms with Gasteiger partial charge in [0.1, 0.15) is 10.7 Å². The van der Waals surface area contributed by atoms with E-state index in [-0.39, 0.29) is 11.9 Å². The topological polar surface area (TPSA) is 63.9 Å². The van der Waals surface area contributed by atoms with Gasteiger partial charge in [-0.05, 0) is 38.2 Å². The van der Waals surface area contributed by atoms with Gasteiger partial charge in [-0.1, -0.05) is 36.8 Å². The molecular weight excluding hydrogens is 394 g/mol. The molecule has 0 aliphatic carbocycles. The largest absolute Gasteiger partial charge is 0.328 e. The van der Waals surface area contributed by atoms with Crippen molar-refractivity contribution in [3.63, 3.8) is 0 Å². The number of aryl methyl sites for hydroxylation is 2. The highest BCUT2D eigenvalue weighted by atomic mass is 32.1. The van der Waals surface area contributed by atoms with Gasteiger partial charge in [-0.3, -0.25) is 4.79 Å². The molecule has 0 N–H and O–H groups in total. The Morgan fingerprint density at radius 3 is 2.83 bits per heavy atom. The molecule has 1 aromatic carbocycles. The molecule has 5 rings (SSSR count). The smallest absolute Gasteiger partial charge is 0.266 e. The Labute approximate surface area is 181 Å². The van der Waals surface area contributed by atoms with Crippen LogP contribution < -0.4 is 0 Å². The van der Waals surface area contributed by atoms with E-state index in [0.717, 1.165) is 72.4 Å². The number of nitrogens with zero attached hydrogens (tertiary/aromatic N) is 5. The van der Waals surface area contributed by atoms with E-state index in [2.05, 4.69) is 26.9 Å². The molecule has 1 amide bonds. The highest BCUT2D eigenvalue weighted by Gasteiger charge is 2.36.